The largest absolute Gasteiger partial charge is 0.478 e. The Labute approximate surface area is 206 Å². The Kier molecular flexibility index (Phi) is 9.80. The first-order chi connectivity index (χ1) is 16.3. The van der Waals surface area contributed by atoms with Crippen LogP contribution >= 0.6 is 11.6 Å². The van der Waals surface area contributed by atoms with Crippen LogP contribution in [0.1, 0.15) is 58.4 Å². The van der Waals surface area contributed by atoms with Crippen molar-refractivity contribution in [3.8, 4) is 0 Å². The number of Topliss-reactive ketones (excluding diaryl/α,β-unsaturated/α-hetero) is 1. The summed E-state index contributed by atoms with van der Waals surface area (Å²) in [5.74, 6) is -0.672. The van der Waals surface area contributed by atoms with Gasteiger partial charge in [0.25, 0.3) is 0 Å². The number of ether oxygens (including phenoxy) is 1. The van der Waals surface area contributed by atoms with Crippen LogP contribution in [0.4, 0.5) is 0 Å². The Morgan fingerprint density at radius 3 is 2.32 bits per heavy atom. The number of halogens is 1. The zero-order valence-corrected chi connectivity index (χ0v) is 20.4. The van der Waals surface area contributed by atoms with E-state index in [0.717, 1.165) is 24.8 Å². The first-order valence-electron chi connectivity index (χ1n) is 11.2. The molecule has 182 valence electrons. The van der Waals surface area contributed by atoms with Gasteiger partial charge in [-0.25, -0.2) is 4.79 Å². The van der Waals surface area contributed by atoms with E-state index in [9.17, 15) is 18.6 Å². The number of unbranched alkanes of at least 4 members (excludes halogenated alkanes) is 2. The fraction of sp³-hybridized carbons (Fsp3) is 0.400. The zero-order valence-electron chi connectivity index (χ0n) is 18.8. The third kappa shape index (κ3) is 7.48. The minimum Gasteiger partial charge on any atom is -0.478 e. The van der Waals surface area contributed by atoms with E-state index < -0.39 is 16.8 Å². The molecule has 1 aliphatic rings. The lowest BCUT2D eigenvalue weighted by Gasteiger charge is -2.39. The quantitative estimate of drug-likeness (QED) is 0.233. The van der Waals surface area contributed by atoms with Crippen LogP contribution in [0, 0.1) is 0 Å². The zero-order chi connectivity index (χ0) is 24.5. The normalized spacial score (nSPS) is 16.2. The van der Waals surface area contributed by atoms with E-state index in [1.165, 1.54) is 12.1 Å². The maximum Gasteiger partial charge on any atom is 0.335 e. The van der Waals surface area contributed by atoms with Crippen molar-refractivity contribution in [3.63, 3.8) is 0 Å². The minimum absolute atomic E-state index is 0.0381. The van der Waals surface area contributed by atoms with Gasteiger partial charge in [-0.3, -0.25) is 13.8 Å². The van der Waals surface area contributed by atoms with E-state index in [0.29, 0.717) is 36.8 Å². The molecule has 1 saturated heterocycles. The third-order valence-corrected chi connectivity index (χ3v) is 7.56. The van der Waals surface area contributed by atoms with E-state index in [2.05, 4.69) is 0 Å². The van der Waals surface area contributed by atoms with Gasteiger partial charge in [0.1, 0.15) is 5.37 Å². The molecule has 0 saturated carbocycles. The van der Waals surface area contributed by atoms with E-state index >= 15 is 0 Å². The van der Waals surface area contributed by atoms with Crippen molar-refractivity contribution in [1.82, 2.24) is 4.90 Å². The van der Waals surface area contributed by atoms with Crippen LogP contribution in [0.15, 0.2) is 48.5 Å². The van der Waals surface area contributed by atoms with Gasteiger partial charge < -0.3 is 14.7 Å². The number of carboxylic acids is 1. The summed E-state index contributed by atoms with van der Waals surface area (Å²) in [7, 11) is -1.27. The van der Waals surface area contributed by atoms with E-state index in [-0.39, 0.29) is 34.8 Å². The molecule has 2 unspecified atom stereocenters. The van der Waals surface area contributed by atoms with Crippen LogP contribution in [-0.4, -0.2) is 57.0 Å². The molecule has 7 nitrogen and oxygen atoms in total. The lowest BCUT2D eigenvalue weighted by atomic mass is 10.1. The highest BCUT2D eigenvalue weighted by atomic mass is 35.5. The van der Waals surface area contributed by atoms with Crippen LogP contribution < -0.4 is 0 Å². The van der Waals surface area contributed by atoms with Crippen LogP contribution in [-0.2, 0) is 26.1 Å². The van der Waals surface area contributed by atoms with Gasteiger partial charge in [-0.1, -0.05) is 30.2 Å². The topological polar surface area (TPSA) is 101 Å². The standard InChI is InChI=1S/C25H28ClNO6S/c26-21-11-9-19(10-12-21)22(28)4-2-1-3-14-33-15-13-27-23(29)16-24(27)34(32)17-18-5-7-20(8-6-18)25(30)31/h5-12,24H,1-4,13-17H2,(H,30,31). The van der Waals surface area contributed by atoms with Crippen LogP contribution in [0.3, 0.4) is 0 Å². The van der Waals surface area contributed by atoms with E-state index in [1.54, 1.807) is 41.3 Å². The molecule has 0 radical (unpaired) electrons. The Hall–Kier alpha value is -2.55. The number of hydrogen-bond donors (Lipinski definition) is 1. The van der Waals surface area contributed by atoms with Gasteiger partial charge in [-0.05, 0) is 54.8 Å². The molecular weight excluding hydrogens is 478 g/mol. The molecule has 1 N–H and O–H groups in total. The number of ketones is 1. The first kappa shape index (κ1) is 26.1. The van der Waals surface area contributed by atoms with E-state index in [1.807, 2.05) is 0 Å². The number of β-lactam (4-membered cyclic amide) rings is 1. The summed E-state index contributed by atoms with van der Waals surface area (Å²) >= 11 is 5.84. The smallest absolute Gasteiger partial charge is 0.335 e. The van der Waals surface area contributed by atoms with Gasteiger partial charge in [-0.15, -0.1) is 0 Å². The van der Waals surface area contributed by atoms with Gasteiger partial charge in [0.2, 0.25) is 5.91 Å². The Morgan fingerprint density at radius 1 is 1.00 bits per heavy atom. The number of carbonyl (C=O) groups excluding carboxylic acids is 2. The van der Waals surface area contributed by atoms with Crippen molar-refractivity contribution >= 4 is 40.1 Å². The predicted molar refractivity (Wildman–Crippen MR) is 130 cm³/mol. The van der Waals surface area contributed by atoms with Crippen LogP contribution in [0.5, 0.6) is 0 Å². The molecule has 2 aromatic carbocycles. The number of aromatic carboxylic acids is 1. The second-order valence-corrected chi connectivity index (χ2v) is 10.2. The van der Waals surface area contributed by atoms with Gasteiger partial charge in [0, 0.05) is 41.0 Å². The number of nitrogens with zero attached hydrogens (tertiary/aromatic N) is 1. The van der Waals surface area contributed by atoms with Gasteiger partial charge in [-0.2, -0.15) is 0 Å². The minimum atomic E-state index is -1.27. The molecule has 2 atom stereocenters. The predicted octanol–water partition coefficient (Wildman–Crippen LogP) is 4.31. The highest BCUT2D eigenvalue weighted by Crippen LogP contribution is 2.24. The van der Waals surface area contributed by atoms with Gasteiger partial charge in [0.15, 0.2) is 5.78 Å². The van der Waals surface area contributed by atoms with Crippen molar-refractivity contribution in [2.24, 2.45) is 0 Å². The number of amides is 1. The van der Waals surface area contributed by atoms with Crippen molar-refractivity contribution < 1.29 is 28.4 Å². The Bertz CT molecular complexity index is 1020. The fourth-order valence-corrected chi connectivity index (χ4v) is 5.32. The number of benzene rings is 2. The monoisotopic (exact) mass is 505 g/mol. The van der Waals surface area contributed by atoms with Crippen molar-refractivity contribution in [1.29, 1.82) is 0 Å². The molecule has 0 aromatic heterocycles. The van der Waals surface area contributed by atoms with Crippen LogP contribution in [0.25, 0.3) is 0 Å². The Balaban J connectivity index is 1.28. The SMILES string of the molecule is O=C(O)c1ccc(CS(=O)C2CC(=O)N2CCOCCCCCC(=O)c2ccc(Cl)cc2)cc1. The molecule has 2 aromatic rings. The number of likely N-dealkylation sites (tertiary alicyclic amines) is 1. The van der Waals surface area contributed by atoms with Gasteiger partial charge >= 0.3 is 5.97 Å². The molecule has 0 aliphatic carbocycles. The van der Waals surface area contributed by atoms with Gasteiger partial charge in [0.05, 0.1) is 24.3 Å². The average molecular weight is 506 g/mol. The van der Waals surface area contributed by atoms with Crippen molar-refractivity contribution in [2.45, 2.75) is 43.2 Å². The summed E-state index contributed by atoms with van der Waals surface area (Å²) in [5, 5.41) is 9.23. The molecule has 1 aliphatic heterocycles. The first-order valence-corrected chi connectivity index (χ1v) is 13.0. The molecule has 1 heterocycles. The highest BCUT2D eigenvalue weighted by Gasteiger charge is 2.39. The molecule has 34 heavy (non-hydrogen) atoms. The molecule has 3 rings (SSSR count). The summed E-state index contributed by atoms with van der Waals surface area (Å²) in [5.41, 5.74) is 1.62. The molecule has 1 fully saturated rings. The molecule has 9 heteroatoms. The molecule has 0 bridgehead atoms. The lowest BCUT2D eigenvalue weighted by molar-refractivity contribution is -0.142. The summed E-state index contributed by atoms with van der Waals surface area (Å²) in [6, 6.07) is 13.2. The third-order valence-electron chi connectivity index (χ3n) is 5.67. The second kappa shape index (κ2) is 12.8. The summed E-state index contributed by atoms with van der Waals surface area (Å²) in [6.45, 7) is 1.31. The lowest BCUT2D eigenvalue weighted by Crippen LogP contribution is -2.55. The average Bonchev–Trinajstić information content (AvgIpc) is 2.81. The summed E-state index contributed by atoms with van der Waals surface area (Å²) in [4.78, 5) is 36.6. The molecular formula is C25H28ClNO6S. The van der Waals surface area contributed by atoms with Crippen molar-refractivity contribution in [3.05, 3.63) is 70.2 Å². The van der Waals surface area contributed by atoms with Crippen LogP contribution in [0.2, 0.25) is 5.02 Å². The highest BCUT2D eigenvalue weighted by molar-refractivity contribution is 7.84. The molecule has 1 amide bonds. The second-order valence-electron chi connectivity index (χ2n) is 8.13. The molecule has 0 spiro atoms. The number of rotatable bonds is 14. The number of carboxylic acid groups (broad SMARTS) is 1. The fourth-order valence-electron chi connectivity index (χ4n) is 3.64. The van der Waals surface area contributed by atoms with E-state index in [4.69, 9.17) is 21.4 Å². The Morgan fingerprint density at radius 2 is 1.68 bits per heavy atom. The number of hydrogen-bond acceptors (Lipinski definition) is 5. The van der Waals surface area contributed by atoms with Crippen molar-refractivity contribution in [2.75, 3.05) is 19.8 Å². The summed E-state index contributed by atoms with van der Waals surface area (Å²) < 4.78 is 18.3. The maximum atomic E-state index is 12.7. The summed E-state index contributed by atoms with van der Waals surface area (Å²) in [6.07, 6.45) is 3.21. The maximum absolute atomic E-state index is 12.7. The number of carbonyl (C=O) groups is 3.